The van der Waals surface area contributed by atoms with E-state index in [4.69, 9.17) is 11.6 Å². The number of aryl methyl sites for hydroxylation is 2. The molecule has 3 rings (SSSR count). The second-order valence-electron chi connectivity index (χ2n) is 8.16. The molecule has 3 aromatic rings. The van der Waals surface area contributed by atoms with Crippen LogP contribution < -0.4 is 14.6 Å². The van der Waals surface area contributed by atoms with Crippen molar-refractivity contribution >= 4 is 61.1 Å². The molecule has 0 aliphatic rings. The third kappa shape index (κ3) is 6.62. The Morgan fingerprint density at radius 1 is 1.06 bits per heavy atom. The van der Waals surface area contributed by atoms with Crippen LogP contribution in [0.5, 0.6) is 0 Å². The van der Waals surface area contributed by atoms with Crippen molar-refractivity contribution < 1.29 is 13.2 Å². The third-order valence-corrected chi connectivity index (χ3v) is 8.03. The first kappa shape index (κ1) is 26.7. The van der Waals surface area contributed by atoms with E-state index in [9.17, 15) is 13.2 Å². The van der Waals surface area contributed by atoms with Gasteiger partial charge in [-0.25, -0.2) is 13.8 Å². The highest BCUT2D eigenvalue weighted by molar-refractivity contribution is 9.10. The summed E-state index contributed by atoms with van der Waals surface area (Å²) in [5, 5.41) is 4.40. The van der Waals surface area contributed by atoms with Gasteiger partial charge < -0.3 is 4.90 Å². The van der Waals surface area contributed by atoms with E-state index in [2.05, 4.69) is 26.5 Å². The van der Waals surface area contributed by atoms with Crippen molar-refractivity contribution in [1.29, 1.82) is 0 Å². The summed E-state index contributed by atoms with van der Waals surface area (Å²) in [4.78, 5) is 14.8. The molecule has 7 nitrogen and oxygen atoms in total. The Labute approximate surface area is 219 Å². The minimum absolute atomic E-state index is 0.0712. The molecule has 184 valence electrons. The number of anilines is 2. The number of hydrogen-bond donors (Lipinski definition) is 1. The Kier molecular flexibility index (Phi) is 8.58. The molecule has 0 radical (unpaired) electrons. The standard InChI is InChI=1S/C25H26BrClN4O3S/c1-17-5-10-21(11-6-17)35(33,34)31(20-9-7-18(2)23(27)14-20)16-25(32)29-28-15-19-8-12-24(30(3)4)22(26)13-19/h5-15H,16H2,1-4H3,(H,29,32)/b28-15-. The summed E-state index contributed by atoms with van der Waals surface area (Å²) in [6.45, 7) is 3.21. The highest BCUT2D eigenvalue weighted by atomic mass is 79.9. The lowest BCUT2D eigenvalue weighted by molar-refractivity contribution is -0.119. The largest absolute Gasteiger partial charge is 0.377 e. The molecule has 0 atom stereocenters. The lowest BCUT2D eigenvalue weighted by Crippen LogP contribution is -2.39. The maximum absolute atomic E-state index is 13.5. The normalized spacial score (nSPS) is 11.5. The van der Waals surface area contributed by atoms with Crippen molar-refractivity contribution in [3.63, 3.8) is 0 Å². The number of benzene rings is 3. The third-order valence-electron chi connectivity index (χ3n) is 5.20. The van der Waals surface area contributed by atoms with E-state index in [0.717, 1.165) is 31.2 Å². The van der Waals surface area contributed by atoms with Crippen LogP contribution in [0.1, 0.15) is 16.7 Å². The average molecular weight is 578 g/mol. The van der Waals surface area contributed by atoms with E-state index in [1.165, 1.54) is 24.4 Å². The first-order valence-electron chi connectivity index (χ1n) is 10.6. The first-order valence-corrected chi connectivity index (χ1v) is 13.2. The van der Waals surface area contributed by atoms with Gasteiger partial charge in [0.15, 0.2) is 0 Å². The van der Waals surface area contributed by atoms with Crippen LogP contribution >= 0.6 is 27.5 Å². The van der Waals surface area contributed by atoms with E-state index in [0.29, 0.717) is 5.02 Å². The quantitative estimate of drug-likeness (QED) is 0.297. The Balaban J connectivity index is 1.84. The zero-order valence-corrected chi connectivity index (χ0v) is 22.9. The predicted octanol–water partition coefficient (Wildman–Crippen LogP) is 5.13. The Morgan fingerprint density at radius 3 is 2.34 bits per heavy atom. The van der Waals surface area contributed by atoms with Gasteiger partial charge >= 0.3 is 0 Å². The number of nitrogens with zero attached hydrogens (tertiary/aromatic N) is 3. The molecular formula is C25H26BrClN4O3S. The summed E-state index contributed by atoms with van der Waals surface area (Å²) in [5.74, 6) is -0.599. The SMILES string of the molecule is Cc1ccc(S(=O)(=O)N(CC(=O)N/N=C\c2ccc(N(C)C)c(Br)c2)c2ccc(C)c(Cl)c2)cc1. The Morgan fingerprint density at radius 2 is 1.74 bits per heavy atom. The van der Waals surface area contributed by atoms with Gasteiger partial charge in [0.2, 0.25) is 0 Å². The lowest BCUT2D eigenvalue weighted by Gasteiger charge is -2.24. The number of hydrazone groups is 1. The fourth-order valence-corrected chi connectivity index (χ4v) is 5.54. The van der Waals surface area contributed by atoms with Crippen LogP contribution in [0, 0.1) is 13.8 Å². The van der Waals surface area contributed by atoms with Gasteiger partial charge in [-0.05, 0) is 77.3 Å². The number of amides is 1. The van der Waals surface area contributed by atoms with Crippen LogP contribution in [-0.4, -0.2) is 41.2 Å². The van der Waals surface area contributed by atoms with E-state index in [1.54, 1.807) is 24.3 Å². The Hall–Kier alpha value is -2.88. The molecular weight excluding hydrogens is 552 g/mol. The highest BCUT2D eigenvalue weighted by Crippen LogP contribution is 2.28. The molecule has 0 fully saturated rings. The lowest BCUT2D eigenvalue weighted by atomic mass is 10.2. The number of hydrogen-bond acceptors (Lipinski definition) is 5. The van der Waals surface area contributed by atoms with Crippen molar-refractivity contribution in [2.24, 2.45) is 5.10 Å². The van der Waals surface area contributed by atoms with Crippen molar-refractivity contribution in [3.05, 3.63) is 86.8 Å². The van der Waals surface area contributed by atoms with E-state index >= 15 is 0 Å². The molecule has 0 aliphatic heterocycles. The topological polar surface area (TPSA) is 82.1 Å². The molecule has 0 bridgehead atoms. The molecule has 0 aliphatic carbocycles. The predicted molar refractivity (Wildman–Crippen MR) is 146 cm³/mol. The second-order valence-corrected chi connectivity index (χ2v) is 11.3. The summed E-state index contributed by atoms with van der Waals surface area (Å²) in [6, 6.07) is 16.9. The maximum Gasteiger partial charge on any atom is 0.264 e. The van der Waals surface area contributed by atoms with Crippen molar-refractivity contribution in [2.75, 3.05) is 29.8 Å². The zero-order valence-electron chi connectivity index (χ0n) is 19.8. The molecule has 0 spiro atoms. The fourth-order valence-electron chi connectivity index (χ4n) is 3.20. The molecule has 10 heteroatoms. The highest BCUT2D eigenvalue weighted by Gasteiger charge is 2.27. The van der Waals surface area contributed by atoms with Gasteiger partial charge in [0, 0.05) is 23.6 Å². The average Bonchev–Trinajstić information content (AvgIpc) is 2.79. The van der Waals surface area contributed by atoms with Crippen LogP contribution in [0.2, 0.25) is 5.02 Å². The minimum atomic E-state index is -4.04. The summed E-state index contributed by atoms with van der Waals surface area (Å²) >= 11 is 9.77. The zero-order chi connectivity index (χ0) is 25.8. The van der Waals surface area contributed by atoms with Gasteiger partial charge in [-0.15, -0.1) is 0 Å². The molecule has 3 aromatic carbocycles. The van der Waals surface area contributed by atoms with E-state index < -0.39 is 22.5 Å². The molecule has 1 N–H and O–H groups in total. The molecule has 0 unspecified atom stereocenters. The van der Waals surface area contributed by atoms with Gasteiger partial charge in [-0.1, -0.05) is 41.4 Å². The molecule has 0 heterocycles. The second kappa shape index (κ2) is 11.2. The number of carbonyl (C=O) groups is 1. The molecule has 35 heavy (non-hydrogen) atoms. The van der Waals surface area contributed by atoms with E-state index in [1.807, 2.05) is 51.0 Å². The molecule has 1 amide bonds. The van der Waals surface area contributed by atoms with Gasteiger partial charge in [0.25, 0.3) is 15.9 Å². The maximum atomic E-state index is 13.5. The fraction of sp³-hybridized carbons (Fsp3) is 0.200. The minimum Gasteiger partial charge on any atom is -0.377 e. The van der Waals surface area contributed by atoms with Gasteiger partial charge in [0.1, 0.15) is 6.54 Å². The van der Waals surface area contributed by atoms with Crippen LogP contribution in [-0.2, 0) is 14.8 Å². The summed E-state index contributed by atoms with van der Waals surface area (Å²) < 4.78 is 28.8. The summed E-state index contributed by atoms with van der Waals surface area (Å²) in [6.07, 6.45) is 1.49. The van der Waals surface area contributed by atoms with E-state index in [-0.39, 0.29) is 10.6 Å². The molecule has 0 saturated carbocycles. The van der Waals surface area contributed by atoms with Crippen LogP contribution in [0.25, 0.3) is 0 Å². The van der Waals surface area contributed by atoms with Crippen LogP contribution in [0.15, 0.2) is 75.1 Å². The number of rotatable bonds is 8. The van der Waals surface area contributed by atoms with Gasteiger partial charge in [-0.3, -0.25) is 9.10 Å². The monoisotopic (exact) mass is 576 g/mol. The first-order chi connectivity index (χ1) is 16.5. The Bertz CT molecular complexity index is 1360. The van der Waals surface area contributed by atoms with Crippen LogP contribution in [0.4, 0.5) is 11.4 Å². The van der Waals surface area contributed by atoms with Gasteiger partial charge in [-0.2, -0.15) is 5.10 Å². The van der Waals surface area contributed by atoms with Crippen molar-refractivity contribution in [2.45, 2.75) is 18.7 Å². The van der Waals surface area contributed by atoms with Gasteiger partial charge in [0.05, 0.1) is 22.5 Å². The molecule has 0 aromatic heterocycles. The summed E-state index contributed by atoms with van der Waals surface area (Å²) in [7, 11) is -0.168. The number of carbonyl (C=O) groups excluding carboxylic acids is 1. The van der Waals surface area contributed by atoms with Crippen molar-refractivity contribution in [3.8, 4) is 0 Å². The smallest absolute Gasteiger partial charge is 0.264 e. The molecule has 0 saturated heterocycles. The number of halogens is 2. The van der Waals surface area contributed by atoms with Crippen LogP contribution in [0.3, 0.4) is 0 Å². The number of sulfonamides is 1. The number of nitrogens with one attached hydrogen (secondary N) is 1. The summed E-state index contributed by atoms with van der Waals surface area (Å²) in [5.41, 5.74) is 6.17. The van der Waals surface area contributed by atoms with Crippen molar-refractivity contribution in [1.82, 2.24) is 5.43 Å².